The fraction of sp³-hybridized carbons (Fsp3) is 0.833. The van der Waals surface area contributed by atoms with Crippen LogP contribution in [0.25, 0.3) is 0 Å². The summed E-state index contributed by atoms with van der Waals surface area (Å²) in [5.74, 6) is 0. The molecule has 0 aromatic carbocycles. The number of hydrogen-bond donors (Lipinski definition) is 6. The first-order valence-corrected chi connectivity index (χ1v) is 3.89. The number of aliphatic hydroxyl groups excluding tert-OH is 5. The molecule has 0 fully saturated rings. The van der Waals surface area contributed by atoms with E-state index in [-0.39, 0.29) is 6.29 Å². The summed E-state index contributed by atoms with van der Waals surface area (Å²) in [6.07, 6.45) is -6.84. The standard InChI is InChI=1S/C6H12O6.HNO3/c7-1-3(9)5(11)6(12)4(10)2-8;2-1(3)4/h1,3-6,8-12H,2H2;(H,2,3,4). The molecule has 0 spiro atoms. The highest BCUT2D eigenvalue weighted by Crippen LogP contribution is 2.02. The normalized spacial score (nSPS) is 17.3. The van der Waals surface area contributed by atoms with E-state index in [4.69, 9.17) is 40.9 Å². The van der Waals surface area contributed by atoms with Crippen LogP contribution in [0.2, 0.25) is 0 Å². The van der Waals surface area contributed by atoms with E-state index in [9.17, 15) is 4.79 Å². The largest absolute Gasteiger partial charge is 0.394 e. The van der Waals surface area contributed by atoms with E-state index in [1.165, 1.54) is 0 Å². The fourth-order valence-electron chi connectivity index (χ4n) is 0.618. The lowest BCUT2D eigenvalue weighted by Gasteiger charge is -2.22. The number of carbonyl (C=O) groups excluding carboxylic acids is 1. The van der Waals surface area contributed by atoms with E-state index in [1.54, 1.807) is 0 Å². The first-order valence-electron chi connectivity index (χ1n) is 3.89. The van der Waals surface area contributed by atoms with Gasteiger partial charge >= 0.3 is 0 Å². The summed E-state index contributed by atoms with van der Waals surface area (Å²) in [6.45, 7) is -0.760. The summed E-state index contributed by atoms with van der Waals surface area (Å²) < 4.78 is 0. The first kappa shape index (κ1) is 17.1. The SMILES string of the molecule is O=CC(O)C(O)C(O)C(O)CO.O=[N+]([O-])O. The lowest BCUT2D eigenvalue weighted by atomic mass is 10.0. The first-order chi connectivity index (χ1) is 7.27. The Bertz CT molecular complexity index is 206. The minimum Gasteiger partial charge on any atom is -0.394 e. The van der Waals surface area contributed by atoms with Crippen molar-refractivity contribution in [3.05, 3.63) is 10.1 Å². The summed E-state index contributed by atoms with van der Waals surface area (Å²) >= 11 is 0. The molecule has 0 rings (SSSR count). The van der Waals surface area contributed by atoms with Gasteiger partial charge in [-0.05, 0) is 0 Å². The molecule has 10 heteroatoms. The Balaban J connectivity index is 0. The third-order valence-electron chi connectivity index (χ3n) is 1.42. The van der Waals surface area contributed by atoms with Crippen LogP contribution in [-0.2, 0) is 4.79 Å². The van der Waals surface area contributed by atoms with Gasteiger partial charge in [0.15, 0.2) is 6.29 Å². The van der Waals surface area contributed by atoms with Crippen molar-refractivity contribution in [3.8, 4) is 0 Å². The Labute approximate surface area is 89.1 Å². The number of carbonyl (C=O) groups is 1. The highest BCUT2D eigenvalue weighted by Gasteiger charge is 2.29. The third-order valence-corrected chi connectivity index (χ3v) is 1.42. The van der Waals surface area contributed by atoms with Crippen LogP contribution in [0, 0.1) is 10.1 Å². The molecule has 0 aliphatic heterocycles. The van der Waals surface area contributed by atoms with E-state index in [0.29, 0.717) is 0 Å². The predicted octanol–water partition coefficient (Wildman–Crippen LogP) is -3.73. The average molecular weight is 243 g/mol. The van der Waals surface area contributed by atoms with Gasteiger partial charge in [-0.2, -0.15) is 0 Å². The zero-order valence-corrected chi connectivity index (χ0v) is 7.95. The molecule has 6 N–H and O–H groups in total. The molecule has 0 heterocycles. The summed E-state index contributed by atoms with van der Waals surface area (Å²) in [5.41, 5.74) is 0. The van der Waals surface area contributed by atoms with Crippen LogP contribution in [0.5, 0.6) is 0 Å². The van der Waals surface area contributed by atoms with E-state index < -0.39 is 36.1 Å². The molecular weight excluding hydrogens is 230 g/mol. The molecule has 0 aromatic rings. The maximum atomic E-state index is 9.90. The van der Waals surface area contributed by atoms with Crippen LogP contribution in [0.3, 0.4) is 0 Å². The fourth-order valence-corrected chi connectivity index (χ4v) is 0.618. The van der Waals surface area contributed by atoms with Crippen LogP contribution in [-0.4, -0.2) is 73.1 Å². The van der Waals surface area contributed by atoms with Gasteiger partial charge in [0.25, 0.3) is 5.09 Å². The van der Waals surface area contributed by atoms with E-state index in [1.807, 2.05) is 0 Å². The van der Waals surface area contributed by atoms with Crippen LogP contribution >= 0.6 is 0 Å². The van der Waals surface area contributed by atoms with Gasteiger partial charge in [-0.15, -0.1) is 10.1 Å². The van der Waals surface area contributed by atoms with Crippen molar-refractivity contribution in [2.24, 2.45) is 0 Å². The molecule has 4 atom stereocenters. The van der Waals surface area contributed by atoms with Gasteiger partial charge in [0.05, 0.1) is 6.61 Å². The predicted molar refractivity (Wildman–Crippen MR) is 46.0 cm³/mol. The molecule has 0 aliphatic carbocycles. The number of aliphatic hydroxyl groups is 5. The zero-order valence-electron chi connectivity index (χ0n) is 7.95. The minimum atomic E-state index is -1.79. The van der Waals surface area contributed by atoms with Crippen molar-refractivity contribution in [1.82, 2.24) is 0 Å². The topological polar surface area (TPSA) is 182 Å². The third kappa shape index (κ3) is 8.02. The van der Waals surface area contributed by atoms with E-state index in [0.717, 1.165) is 0 Å². The Morgan fingerprint density at radius 3 is 1.81 bits per heavy atom. The van der Waals surface area contributed by atoms with Crippen molar-refractivity contribution in [3.63, 3.8) is 0 Å². The molecule has 10 nitrogen and oxygen atoms in total. The molecule has 16 heavy (non-hydrogen) atoms. The average Bonchev–Trinajstić information content (AvgIpc) is 2.24. The zero-order chi connectivity index (χ0) is 13.3. The molecule has 96 valence electrons. The Morgan fingerprint density at radius 2 is 1.56 bits per heavy atom. The molecule has 0 saturated carbocycles. The van der Waals surface area contributed by atoms with Crippen molar-refractivity contribution in [2.75, 3.05) is 6.61 Å². The second kappa shape index (κ2) is 8.94. The summed E-state index contributed by atoms with van der Waals surface area (Å²) in [5, 5.41) is 57.2. The van der Waals surface area contributed by atoms with Gasteiger partial charge in [0.2, 0.25) is 0 Å². The molecule has 0 aliphatic rings. The smallest absolute Gasteiger partial charge is 0.291 e. The summed E-state index contributed by atoms with van der Waals surface area (Å²) in [7, 11) is 0. The monoisotopic (exact) mass is 243 g/mol. The molecule has 0 aromatic heterocycles. The number of rotatable bonds is 5. The second-order valence-electron chi connectivity index (χ2n) is 2.60. The number of nitrogens with zero attached hydrogens (tertiary/aromatic N) is 1. The van der Waals surface area contributed by atoms with Crippen LogP contribution in [0.15, 0.2) is 0 Å². The van der Waals surface area contributed by atoms with Crippen LogP contribution < -0.4 is 0 Å². The van der Waals surface area contributed by atoms with Gasteiger partial charge in [-0.3, -0.25) is 0 Å². The van der Waals surface area contributed by atoms with Crippen molar-refractivity contribution < 1.29 is 40.6 Å². The van der Waals surface area contributed by atoms with Crippen molar-refractivity contribution >= 4 is 6.29 Å². The Hall–Kier alpha value is -1.33. The maximum absolute atomic E-state index is 9.90. The lowest BCUT2D eigenvalue weighted by Crippen LogP contribution is -2.46. The summed E-state index contributed by atoms with van der Waals surface area (Å²) in [4.78, 5) is 18.3. The molecule has 0 amide bonds. The molecule has 0 radical (unpaired) electrons. The molecule has 0 bridgehead atoms. The second-order valence-corrected chi connectivity index (χ2v) is 2.60. The number of aldehydes is 1. The Kier molecular flexibility index (Phi) is 9.54. The maximum Gasteiger partial charge on any atom is 0.291 e. The van der Waals surface area contributed by atoms with E-state index in [2.05, 4.69) is 0 Å². The van der Waals surface area contributed by atoms with Gasteiger partial charge < -0.3 is 35.5 Å². The van der Waals surface area contributed by atoms with Crippen LogP contribution in [0.4, 0.5) is 0 Å². The Morgan fingerprint density at radius 1 is 1.19 bits per heavy atom. The van der Waals surface area contributed by atoms with Crippen molar-refractivity contribution in [2.45, 2.75) is 24.4 Å². The minimum absolute atomic E-state index is 0.0258. The molecule has 0 saturated heterocycles. The van der Waals surface area contributed by atoms with Gasteiger partial charge in [-0.25, -0.2) is 0 Å². The van der Waals surface area contributed by atoms with Crippen molar-refractivity contribution in [1.29, 1.82) is 0 Å². The quantitative estimate of drug-likeness (QED) is 0.160. The number of hydrogen-bond acceptors (Lipinski definition) is 8. The highest BCUT2D eigenvalue weighted by molar-refractivity contribution is 5.56. The van der Waals surface area contributed by atoms with Gasteiger partial charge in [-0.1, -0.05) is 0 Å². The lowest BCUT2D eigenvalue weighted by molar-refractivity contribution is -0.742. The molecule has 4 unspecified atom stereocenters. The summed E-state index contributed by atoms with van der Waals surface area (Å²) in [6, 6.07) is 0. The highest BCUT2D eigenvalue weighted by atomic mass is 16.9. The van der Waals surface area contributed by atoms with Gasteiger partial charge in [0.1, 0.15) is 24.4 Å². The molecular formula is C6H13NO9. The van der Waals surface area contributed by atoms with Crippen LogP contribution in [0.1, 0.15) is 0 Å². The van der Waals surface area contributed by atoms with Gasteiger partial charge in [0, 0.05) is 0 Å². The van der Waals surface area contributed by atoms with E-state index >= 15 is 0 Å².